The maximum atomic E-state index is 15.2. The van der Waals surface area contributed by atoms with Crippen LogP contribution < -0.4 is 10.6 Å². The maximum absolute atomic E-state index is 15.2. The lowest BCUT2D eigenvalue weighted by Crippen LogP contribution is -2.52. The summed E-state index contributed by atoms with van der Waals surface area (Å²) in [6.45, 7) is -0.266. The summed E-state index contributed by atoms with van der Waals surface area (Å²) in [5, 5.41) is 5.01. The highest BCUT2D eigenvalue weighted by atomic mass is 32.1. The first kappa shape index (κ1) is 23.5. The molecule has 2 N–H and O–H groups in total. The summed E-state index contributed by atoms with van der Waals surface area (Å²) in [4.78, 5) is 59.0. The number of alkyl carbamates (subject to hydrolysis) is 1. The van der Waals surface area contributed by atoms with E-state index in [-0.39, 0.29) is 55.0 Å². The number of benzene rings is 1. The Labute approximate surface area is 214 Å². The highest BCUT2D eigenvalue weighted by Gasteiger charge is 2.41. The minimum Gasteiger partial charge on any atom is -0.445 e. The van der Waals surface area contributed by atoms with E-state index in [4.69, 9.17) is 4.74 Å². The lowest BCUT2D eigenvalue weighted by Gasteiger charge is -2.35. The van der Waals surface area contributed by atoms with E-state index in [1.165, 1.54) is 11.0 Å². The molecule has 2 aliphatic heterocycles. The zero-order valence-electron chi connectivity index (χ0n) is 19.5. The van der Waals surface area contributed by atoms with E-state index in [1.54, 1.807) is 29.1 Å². The fourth-order valence-electron chi connectivity index (χ4n) is 5.19. The van der Waals surface area contributed by atoms with Crippen LogP contribution in [-0.2, 0) is 27.5 Å². The fraction of sp³-hybridized carbons (Fsp3) is 0.360. The topological polar surface area (TPSA) is 131 Å². The SMILES string of the molecule is O=C1CCC(N2Cc3ccc(COC(=O)NC4CC(c5nccc6scnc56)C4)c(F)c3C2=O)C(=O)N1. The van der Waals surface area contributed by atoms with Gasteiger partial charge >= 0.3 is 6.09 Å². The molecular formula is C25H22FN5O5S. The van der Waals surface area contributed by atoms with Crippen LogP contribution in [0.4, 0.5) is 9.18 Å². The lowest BCUT2D eigenvalue weighted by atomic mass is 9.77. The van der Waals surface area contributed by atoms with Crippen LogP contribution in [0.5, 0.6) is 0 Å². The minimum absolute atomic E-state index is 0.0678. The Bertz CT molecular complexity index is 1450. The van der Waals surface area contributed by atoms with Crippen LogP contribution in [0.1, 0.15) is 58.8 Å². The molecule has 4 heterocycles. The molecule has 0 spiro atoms. The second-order valence-electron chi connectivity index (χ2n) is 9.45. The van der Waals surface area contributed by atoms with Crippen molar-refractivity contribution in [3.8, 4) is 0 Å². The zero-order valence-corrected chi connectivity index (χ0v) is 20.3. The van der Waals surface area contributed by atoms with Crippen LogP contribution >= 0.6 is 11.3 Å². The molecule has 12 heteroatoms. The number of imide groups is 1. The highest BCUT2D eigenvalue weighted by molar-refractivity contribution is 7.16. The molecule has 1 aliphatic carbocycles. The average Bonchev–Trinajstić information content (AvgIpc) is 3.46. The van der Waals surface area contributed by atoms with Gasteiger partial charge in [0.2, 0.25) is 11.8 Å². The summed E-state index contributed by atoms with van der Waals surface area (Å²) >= 11 is 1.56. The number of nitrogens with one attached hydrogen (secondary N) is 2. The number of fused-ring (bicyclic) bond motifs is 2. The Kier molecular flexibility index (Phi) is 5.82. The summed E-state index contributed by atoms with van der Waals surface area (Å²) in [6.07, 6.45) is 2.82. The molecule has 0 bridgehead atoms. The molecule has 1 unspecified atom stereocenters. The molecule has 1 saturated carbocycles. The summed E-state index contributed by atoms with van der Waals surface area (Å²) in [5.74, 6) is -2.13. The van der Waals surface area contributed by atoms with Crippen molar-refractivity contribution in [2.24, 2.45) is 0 Å². The third kappa shape index (κ3) is 4.20. The molecule has 1 saturated heterocycles. The van der Waals surface area contributed by atoms with E-state index < -0.39 is 29.8 Å². The summed E-state index contributed by atoms with van der Waals surface area (Å²) < 4.78 is 21.5. The van der Waals surface area contributed by atoms with Gasteiger partial charge in [-0.3, -0.25) is 24.7 Å². The Morgan fingerprint density at radius 3 is 2.86 bits per heavy atom. The molecule has 2 aromatic heterocycles. The number of pyridine rings is 1. The standard InChI is InChI=1S/C25H22FN5O5S/c26-20-13(2-1-12-9-31(24(34)19(12)20)16-3-4-18(32)30-23(16)33)10-36-25(35)29-15-7-14(8-15)21-22-17(5-6-27-21)37-11-28-22/h1-2,5-6,11,14-16H,3-4,7-10H2,(H,29,35)(H,30,32,33). The number of hydrogen-bond donors (Lipinski definition) is 2. The van der Waals surface area contributed by atoms with E-state index in [0.717, 1.165) is 15.9 Å². The van der Waals surface area contributed by atoms with E-state index in [0.29, 0.717) is 18.4 Å². The number of nitrogens with zero attached hydrogens (tertiary/aromatic N) is 3. The first-order chi connectivity index (χ1) is 17.9. The van der Waals surface area contributed by atoms with Crippen LogP contribution in [0, 0.1) is 5.82 Å². The van der Waals surface area contributed by atoms with Gasteiger partial charge in [0.05, 0.1) is 21.5 Å². The Morgan fingerprint density at radius 2 is 2.05 bits per heavy atom. The molecule has 2 fully saturated rings. The monoisotopic (exact) mass is 523 g/mol. The summed E-state index contributed by atoms with van der Waals surface area (Å²) in [7, 11) is 0. The molecule has 4 amide bonds. The Morgan fingerprint density at radius 1 is 1.22 bits per heavy atom. The van der Waals surface area contributed by atoms with Crippen molar-refractivity contribution < 1.29 is 28.3 Å². The van der Waals surface area contributed by atoms with Crippen LogP contribution in [-0.4, -0.2) is 50.8 Å². The van der Waals surface area contributed by atoms with Crippen LogP contribution in [0.3, 0.4) is 0 Å². The third-order valence-electron chi connectivity index (χ3n) is 7.19. The van der Waals surface area contributed by atoms with Gasteiger partial charge < -0.3 is 15.0 Å². The molecule has 6 rings (SSSR count). The smallest absolute Gasteiger partial charge is 0.407 e. The van der Waals surface area contributed by atoms with Gasteiger partial charge in [0.15, 0.2) is 0 Å². The Balaban J connectivity index is 1.04. The van der Waals surface area contributed by atoms with Crippen molar-refractivity contribution in [3.05, 3.63) is 58.1 Å². The Hall–Kier alpha value is -3.93. The second kappa shape index (κ2) is 9.18. The van der Waals surface area contributed by atoms with Crippen LogP contribution in [0.25, 0.3) is 10.2 Å². The van der Waals surface area contributed by atoms with Gasteiger partial charge in [0, 0.05) is 36.7 Å². The molecule has 3 aliphatic rings. The average molecular weight is 524 g/mol. The summed E-state index contributed by atoms with van der Waals surface area (Å²) in [6, 6.07) is 4.09. The van der Waals surface area contributed by atoms with Crippen molar-refractivity contribution in [1.29, 1.82) is 0 Å². The predicted octanol–water partition coefficient (Wildman–Crippen LogP) is 2.76. The number of carbonyl (C=O) groups excluding carboxylic acids is 4. The number of rotatable bonds is 5. The van der Waals surface area contributed by atoms with Gasteiger partial charge in [-0.1, -0.05) is 12.1 Å². The van der Waals surface area contributed by atoms with Crippen LogP contribution in [0.15, 0.2) is 29.9 Å². The van der Waals surface area contributed by atoms with Gasteiger partial charge in [-0.05, 0) is 30.9 Å². The lowest BCUT2D eigenvalue weighted by molar-refractivity contribution is -0.136. The van der Waals surface area contributed by atoms with E-state index in [9.17, 15) is 19.2 Å². The van der Waals surface area contributed by atoms with Crippen molar-refractivity contribution in [3.63, 3.8) is 0 Å². The molecule has 190 valence electrons. The zero-order chi connectivity index (χ0) is 25.7. The number of piperidine rings is 1. The van der Waals surface area contributed by atoms with Crippen LogP contribution in [0.2, 0.25) is 0 Å². The number of ether oxygens (including phenoxy) is 1. The number of carbonyl (C=O) groups is 4. The third-order valence-corrected chi connectivity index (χ3v) is 7.99. The molecule has 3 aromatic rings. The molecule has 0 radical (unpaired) electrons. The molecular weight excluding hydrogens is 501 g/mol. The fourth-order valence-corrected chi connectivity index (χ4v) is 5.87. The first-order valence-corrected chi connectivity index (χ1v) is 12.8. The molecule has 37 heavy (non-hydrogen) atoms. The van der Waals surface area contributed by atoms with Gasteiger partial charge in [-0.15, -0.1) is 11.3 Å². The maximum Gasteiger partial charge on any atom is 0.407 e. The predicted molar refractivity (Wildman–Crippen MR) is 129 cm³/mol. The quantitative estimate of drug-likeness (QED) is 0.492. The first-order valence-electron chi connectivity index (χ1n) is 12.0. The second-order valence-corrected chi connectivity index (χ2v) is 10.3. The van der Waals surface area contributed by atoms with E-state index >= 15 is 4.39 Å². The highest BCUT2D eigenvalue weighted by Crippen LogP contribution is 2.39. The number of aromatic nitrogens is 2. The van der Waals surface area contributed by atoms with Gasteiger partial charge in [-0.2, -0.15) is 0 Å². The molecule has 1 aromatic carbocycles. The largest absolute Gasteiger partial charge is 0.445 e. The van der Waals surface area contributed by atoms with Gasteiger partial charge in [-0.25, -0.2) is 14.2 Å². The molecule has 1 atom stereocenters. The molecule has 10 nitrogen and oxygen atoms in total. The van der Waals surface area contributed by atoms with E-state index in [2.05, 4.69) is 20.6 Å². The minimum atomic E-state index is -0.827. The number of thiazole rings is 1. The van der Waals surface area contributed by atoms with Gasteiger partial charge in [0.1, 0.15) is 24.0 Å². The number of halogens is 1. The van der Waals surface area contributed by atoms with Crippen molar-refractivity contribution >= 4 is 45.4 Å². The van der Waals surface area contributed by atoms with Crippen molar-refractivity contribution in [2.75, 3.05) is 0 Å². The van der Waals surface area contributed by atoms with Crippen molar-refractivity contribution in [2.45, 2.75) is 56.8 Å². The summed E-state index contributed by atoms with van der Waals surface area (Å²) in [5.41, 5.74) is 4.01. The van der Waals surface area contributed by atoms with Crippen molar-refractivity contribution in [1.82, 2.24) is 25.5 Å². The number of hydrogen-bond acceptors (Lipinski definition) is 8. The van der Waals surface area contributed by atoms with Gasteiger partial charge in [0.25, 0.3) is 5.91 Å². The normalized spacial score (nSPS) is 23.0. The van der Waals surface area contributed by atoms with E-state index in [1.807, 2.05) is 6.07 Å². The number of amides is 4.